The smallest absolute Gasteiger partial charge is 0.295 e. The number of benzene rings is 1. The van der Waals surface area contributed by atoms with Gasteiger partial charge in [-0.15, -0.1) is 0 Å². The highest BCUT2D eigenvalue weighted by molar-refractivity contribution is 5.78. The average molecular weight is 260 g/mol. The molecule has 5 heteroatoms. The number of nitrogens with zero attached hydrogens (tertiary/aromatic N) is 2. The number of nitrogen functional groups attached to an aromatic ring is 1. The maximum Gasteiger partial charge on any atom is 0.295 e. The molecule has 19 heavy (non-hydrogen) atoms. The van der Waals surface area contributed by atoms with E-state index >= 15 is 0 Å². The predicted octanol–water partition coefficient (Wildman–Crippen LogP) is 2.30. The number of nitrogens with one attached hydrogen (secondary N) is 1. The van der Waals surface area contributed by atoms with Gasteiger partial charge in [-0.1, -0.05) is 0 Å². The molecule has 3 N–H and O–H groups in total. The third-order valence-corrected chi connectivity index (χ3v) is 3.78. The first kappa shape index (κ1) is 12.3. The van der Waals surface area contributed by atoms with Crippen LogP contribution in [0.2, 0.25) is 0 Å². The number of likely N-dealkylation sites (N-methyl/N-ethyl adjacent to an activating group) is 1. The van der Waals surface area contributed by atoms with Gasteiger partial charge in [-0.2, -0.15) is 4.98 Å². The summed E-state index contributed by atoms with van der Waals surface area (Å²) in [4.78, 5) is 6.80. The van der Waals surface area contributed by atoms with Gasteiger partial charge < -0.3 is 15.5 Å². The van der Waals surface area contributed by atoms with Gasteiger partial charge in [0.1, 0.15) is 5.52 Å². The van der Waals surface area contributed by atoms with Crippen LogP contribution in [-0.4, -0.2) is 35.6 Å². The van der Waals surface area contributed by atoms with Crippen LogP contribution in [0, 0.1) is 0 Å². The van der Waals surface area contributed by atoms with E-state index in [1.54, 1.807) is 6.07 Å². The maximum absolute atomic E-state index is 5.72. The third-order valence-electron chi connectivity index (χ3n) is 3.78. The lowest BCUT2D eigenvalue weighted by atomic mass is 10.3. The fraction of sp³-hybridized carbons (Fsp3) is 0.500. The van der Waals surface area contributed by atoms with Crippen molar-refractivity contribution in [3.05, 3.63) is 18.2 Å². The molecule has 3 rings (SSSR count). The van der Waals surface area contributed by atoms with Crippen LogP contribution in [-0.2, 0) is 0 Å². The van der Waals surface area contributed by atoms with Crippen LogP contribution in [0.5, 0.6) is 0 Å². The Morgan fingerprint density at radius 2 is 2.32 bits per heavy atom. The van der Waals surface area contributed by atoms with E-state index in [1.807, 2.05) is 12.1 Å². The van der Waals surface area contributed by atoms with Gasteiger partial charge in [0.05, 0.1) is 0 Å². The van der Waals surface area contributed by atoms with Crippen molar-refractivity contribution in [3.63, 3.8) is 0 Å². The SMILES string of the molecule is CC(CNc1nc2ccc(N)cc2o1)N(C)C1CC1. The Balaban J connectivity index is 1.64. The van der Waals surface area contributed by atoms with Crippen LogP contribution in [0.1, 0.15) is 19.8 Å². The summed E-state index contributed by atoms with van der Waals surface area (Å²) in [5.41, 5.74) is 7.97. The van der Waals surface area contributed by atoms with Gasteiger partial charge in [0.2, 0.25) is 0 Å². The van der Waals surface area contributed by atoms with E-state index in [0.29, 0.717) is 17.7 Å². The van der Waals surface area contributed by atoms with E-state index in [2.05, 4.69) is 29.2 Å². The van der Waals surface area contributed by atoms with Crippen molar-refractivity contribution >= 4 is 22.8 Å². The Hall–Kier alpha value is -1.75. The van der Waals surface area contributed by atoms with Crippen LogP contribution < -0.4 is 11.1 Å². The molecule has 1 aliphatic carbocycles. The van der Waals surface area contributed by atoms with Gasteiger partial charge in [-0.25, -0.2) is 0 Å². The Morgan fingerprint density at radius 1 is 1.53 bits per heavy atom. The molecule has 1 aromatic carbocycles. The highest BCUT2D eigenvalue weighted by Gasteiger charge is 2.29. The second-order valence-corrected chi connectivity index (χ2v) is 5.37. The second kappa shape index (κ2) is 4.74. The summed E-state index contributed by atoms with van der Waals surface area (Å²) in [6, 6.07) is 7.30. The van der Waals surface area contributed by atoms with E-state index in [1.165, 1.54) is 12.8 Å². The fourth-order valence-corrected chi connectivity index (χ4v) is 2.24. The predicted molar refractivity (Wildman–Crippen MR) is 77.2 cm³/mol. The summed E-state index contributed by atoms with van der Waals surface area (Å²) in [5.74, 6) is 0. The van der Waals surface area contributed by atoms with Crippen molar-refractivity contribution in [1.29, 1.82) is 0 Å². The zero-order chi connectivity index (χ0) is 13.4. The lowest BCUT2D eigenvalue weighted by Crippen LogP contribution is -2.36. The number of nitrogens with two attached hydrogens (primary N) is 1. The van der Waals surface area contributed by atoms with E-state index in [-0.39, 0.29) is 0 Å². The quantitative estimate of drug-likeness (QED) is 0.807. The van der Waals surface area contributed by atoms with Crippen molar-refractivity contribution in [2.45, 2.75) is 31.8 Å². The van der Waals surface area contributed by atoms with Crippen molar-refractivity contribution in [1.82, 2.24) is 9.88 Å². The average Bonchev–Trinajstić information content (AvgIpc) is 3.16. The summed E-state index contributed by atoms with van der Waals surface area (Å²) in [7, 11) is 2.18. The molecule has 1 atom stereocenters. The van der Waals surface area contributed by atoms with E-state index in [0.717, 1.165) is 23.7 Å². The third kappa shape index (κ3) is 2.66. The van der Waals surface area contributed by atoms with Gasteiger partial charge in [0, 0.05) is 30.4 Å². The van der Waals surface area contributed by atoms with Crippen LogP contribution in [0.4, 0.5) is 11.7 Å². The largest absolute Gasteiger partial charge is 0.423 e. The number of oxazole rings is 1. The monoisotopic (exact) mass is 260 g/mol. The molecule has 102 valence electrons. The van der Waals surface area contributed by atoms with Gasteiger partial charge >= 0.3 is 0 Å². The molecule has 0 aliphatic heterocycles. The molecule has 0 saturated heterocycles. The minimum Gasteiger partial charge on any atom is -0.423 e. The van der Waals surface area contributed by atoms with Gasteiger partial charge in [0.25, 0.3) is 6.01 Å². The topological polar surface area (TPSA) is 67.3 Å². The molecule has 1 aliphatic rings. The summed E-state index contributed by atoms with van der Waals surface area (Å²) >= 11 is 0. The highest BCUT2D eigenvalue weighted by Crippen LogP contribution is 2.27. The first-order chi connectivity index (χ1) is 9.13. The van der Waals surface area contributed by atoms with E-state index < -0.39 is 0 Å². The zero-order valence-corrected chi connectivity index (χ0v) is 11.4. The van der Waals surface area contributed by atoms with Crippen LogP contribution >= 0.6 is 0 Å². The molecule has 0 spiro atoms. The molecule has 0 bridgehead atoms. The summed E-state index contributed by atoms with van der Waals surface area (Å²) < 4.78 is 5.63. The molecule has 5 nitrogen and oxygen atoms in total. The second-order valence-electron chi connectivity index (χ2n) is 5.37. The molecule has 1 aromatic heterocycles. The van der Waals surface area contributed by atoms with Crippen LogP contribution in [0.15, 0.2) is 22.6 Å². The number of hydrogen-bond donors (Lipinski definition) is 2. The number of fused-ring (bicyclic) bond motifs is 1. The number of rotatable bonds is 5. The first-order valence-corrected chi connectivity index (χ1v) is 6.75. The standard InChI is InChI=1S/C14H20N4O/c1-9(18(2)11-4-5-11)8-16-14-17-12-6-3-10(15)7-13(12)19-14/h3,6-7,9,11H,4-5,8,15H2,1-2H3,(H,16,17). The van der Waals surface area contributed by atoms with Gasteiger partial charge in [-0.3, -0.25) is 4.90 Å². The Morgan fingerprint density at radius 3 is 3.05 bits per heavy atom. The summed E-state index contributed by atoms with van der Waals surface area (Å²) in [6.07, 6.45) is 2.64. The zero-order valence-electron chi connectivity index (χ0n) is 11.4. The summed E-state index contributed by atoms with van der Waals surface area (Å²) in [5, 5.41) is 3.26. The molecule has 1 saturated carbocycles. The summed E-state index contributed by atoms with van der Waals surface area (Å²) in [6.45, 7) is 3.04. The molecule has 0 amide bonds. The Labute approximate surface area is 112 Å². The molecule has 1 heterocycles. The van der Waals surface area contributed by atoms with Crippen molar-refractivity contribution in [3.8, 4) is 0 Å². The molecule has 1 unspecified atom stereocenters. The van der Waals surface area contributed by atoms with E-state index in [9.17, 15) is 0 Å². The highest BCUT2D eigenvalue weighted by atomic mass is 16.4. The fourth-order valence-electron chi connectivity index (χ4n) is 2.24. The lowest BCUT2D eigenvalue weighted by molar-refractivity contribution is 0.256. The Bertz CT molecular complexity index is 576. The van der Waals surface area contributed by atoms with Gasteiger partial charge in [0.15, 0.2) is 5.58 Å². The van der Waals surface area contributed by atoms with Gasteiger partial charge in [-0.05, 0) is 38.9 Å². The minimum absolute atomic E-state index is 0.465. The maximum atomic E-state index is 5.72. The lowest BCUT2D eigenvalue weighted by Gasteiger charge is -2.24. The van der Waals surface area contributed by atoms with Crippen LogP contribution in [0.25, 0.3) is 11.1 Å². The molecule has 2 aromatic rings. The molecule has 0 radical (unpaired) electrons. The van der Waals surface area contributed by atoms with Crippen molar-refractivity contribution < 1.29 is 4.42 Å². The number of aromatic nitrogens is 1. The first-order valence-electron chi connectivity index (χ1n) is 6.75. The molecular formula is C14H20N4O. The van der Waals surface area contributed by atoms with Crippen LogP contribution in [0.3, 0.4) is 0 Å². The molecule has 1 fully saturated rings. The molecular weight excluding hydrogens is 240 g/mol. The van der Waals surface area contributed by atoms with E-state index in [4.69, 9.17) is 10.2 Å². The number of hydrogen-bond acceptors (Lipinski definition) is 5. The normalized spacial score (nSPS) is 17.0. The Kier molecular flexibility index (Phi) is 3.06. The minimum atomic E-state index is 0.465. The number of anilines is 2. The van der Waals surface area contributed by atoms with Crippen molar-refractivity contribution in [2.75, 3.05) is 24.6 Å². The van der Waals surface area contributed by atoms with Crippen molar-refractivity contribution in [2.24, 2.45) is 0 Å².